The van der Waals surface area contributed by atoms with Gasteiger partial charge in [-0.05, 0) is 50.6 Å². The fourth-order valence-corrected chi connectivity index (χ4v) is 4.01. The lowest BCUT2D eigenvalue weighted by molar-refractivity contribution is -0.106. The molecular weight excluding hydrogens is 322 g/mol. The molecule has 150 valence electrons. The zero-order valence-electron chi connectivity index (χ0n) is 17.6. The summed E-state index contributed by atoms with van der Waals surface area (Å²) in [5, 5.41) is 4.55. The van der Waals surface area contributed by atoms with E-state index in [0.29, 0.717) is 6.04 Å². The Kier molecular flexibility index (Phi) is 12.3. The van der Waals surface area contributed by atoms with E-state index in [1.807, 2.05) is 20.0 Å². The number of carbonyl (C=O) groups excluding carboxylic acids is 1. The topological polar surface area (TPSA) is 38.1 Å². The first-order chi connectivity index (χ1) is 12.8. The predicted molar refractivity (Wildman–Crippen MR) is 111 cm³/mol. The molecule has 0 N–H and O–H groups in total. The standard InChI is InChI=1S/C18H31N3.C2H4O.C2H6/c1-2-16-14-19-21(15-16)18-9-12-20(13-10-18)11-8-17-6-4-3-5-7-17;1-2-3;1-2/h14-15,17-18H,2-13H2,1H3;2H,1H3;1-2H3. The summed E-state index contributed by atoms with van der Waals surface area (Å²) in [4.78, 5) is 11.5. The molecule has 0 spiro atoms. The molecule has 1 saturated heterocycles. The molecule has 0 bridgehead atoms. The van der Waals surface area contributed by atoms with E-state index < -0.39 is 0 Å². The van der Waals surface area contributed by atoms with E-state index in [0.717, 1.165) is 18.6 Å². The lowest BCUT2D eigenvalue weighted by Crippen LogP contribution is -2.36. The average molecular weight is 364 g/mol. The van der Waals surface area contributed by atoms with Gasteiger partial charge in [0, 0.05) is 19.3 Å². The van der Waals surface area contributed by atoms with Crippen molar-refractivity contribution in [3.63, 3.8) is 0 Å². The minimum absolute atomic E-state index is 0.635. The van der Waals surface area contributed by atoms with Gasteiger partial charge in [-0.15, -0.1) is 0 Å². The highest BCUT2D eigenvalue weighted by molar-refractivity contribution is 5.44. The molecule has 1 aromatic heterocycles. The van der Waals surface area contributed by atoms with Crippen molar-refractivity contribution in [3.8, 4) is 0 Å². The third kappa shape index (κ3) is 8.03. The molecule has 26 heavy (non-hydrogen) atoms. The van der Waals surface area contributed by atoms with Crippen molar-refractivity contribution in [1.29, 1.82) is 0 Å². The molecule has 2 heterocycles. The van der Waals surface area contributed by atoms with Gasteiger partial charge in [0.15, 0.2) is 0 Å². The summed E-state index contributed by atoms with van der Waals surface area (Å²) in [6, 6.07) is 0.635. The summed E-state index contributed by atoms with van der Waals surface area (Å²) < 4.78 is 2.22. The lowest BCUT2D eigenvalue weighted by atomic mass is 9.87. The molecule has 2 fully saturated rings. The van der Waals surface area contributed by atoms with E-state index in [-0.39, 0.29) is 0 Å². The molecule has 2 aliphatic rings. The largest absolute Gasteiger partial charge is 0.304 e. The third-order valence-electron chi connectivity index (χ3n) is 5.57. The summed E-state index contributed by atoms with van der Waals surface area (Å²) in [6.45, 7) is 11.5. The van der Waals surface area contributed by atoms with Crippen LogP contribution in [0.2, 0.25) is 0 Å². The second-order valence-corrected chi connectivity index (χ2v) is 7.28. The number of carbonyl (C=O) groups is 1. The fourth-order valence-electron chi connectivity index (χ4n) is 4.01. The first-order valence-corrected chi connectivity index (χ1v) is 10.9. The van der Waals surface area contributed by atoms with Crippen LogP contribution in [0.15, 0.2) is 12.4 Å². The van der Waals surface area contributed by atoms with Gasteiger partial charge in [-0.2, -0.15) is 5.10 Å². The van der Waals surface area contributed by atoms with Gasteiger partial charge in [-0.25, -0.2) is 0 Å². The van der Waals surface area contributed by atoms with Crippen LogP contribution in [-0.4, -0.2) is 40.6 Å². The first-order valence-electron chi connectivity index (χ1n) is 10.9. The van der Waals surface area contributed by atoms with Crippen LogP contribution in [0.3, 0.4) is 0 Å². The molecule has 3 rings (SSSR count). The SMILES string of the molecule is CC.CC=O.CCc1cnn(C2CCN(CCC3CCCCC3)CC2)c1. The third-order valence-corrected chi connectivity index (χ3v) is 5.57. The fraction of sp³-hybridized carbons (Fsp3) is 0.818. The molecule has 0 radical (unpaired) electrons. The van der Waals surface area contributed by atoms with Gasteiger partial charge in [0.1, 0.15) is 6.29 Å². The van der Waals surface area contributed by atoms with E-state index in [4.69, 9.17) is 4.79 Å². The maximum Gasteiger partial charge on any atom is 0.116 e. The van der Waals surface area contributed by atoms with Crippen molar-refractivity contribution in [2.24, 2.45) is 5.92 Å². The second kappa shape index (κ2) is 14.0. The molecule has 4 heteroatoms. The Bertz CT molecular complexity index is 458. The smallest absolute Gasteiger partial charge is 0.116 e. The van der Waals surface area contributed by atoms with Crippen LogP contribution in [-0.2, 0) is 11.2 Å². The van der Waals surface area contributed by atoms with Gasteiger partial charge in [-0.1, -0.05) is 52.9 Å². The molecule has 0 amide bonds. The Morgan fingerprint density at radius 3 is 2.27 bits per heavy atom. The van der Waals surface area contributed by atoms with Gasteiger partial charge in [0.05, 0.1) is 12.2 Å². The summed E-state index contributed by atoms with van der Waals surface area (Å²) in [6.07, 6.45) is 17.5. The number of nitrogens with zero attached hydrogens (tertiary/aromatic N) is 3. The number of piperidine rings is 1. The highest BCUT2D eigenvalue weighted by Gasteiger charge is 2.22. The molecule has 4 nitrogen and oxygen atoms in total. The number of aromatic nitrogens is 2. The lowest BCUT2D eigenvalue weighted by Gasteiger charge is -2.33. The van der Waals surface area contributed by atoms with Crippen LogP contribution < -0.4 is 0 Å². The zero-order chi connectivity index (χ0) is 19.2. The molecule has 0 atom stereocenters. The van der Waals surface area contributed by atoms with E-state index in [1.165, 1.54) is 83.5 Å². The number of aldehydes is 1. The van der Waals surface area contributed by atoms with Crippen LogP contribution >= 0.6 is 0 Å². The highest BCUT2D eigenvalue weighted by atomic mass is 16.1. The summed E-state index contributed by atoms with van der Waals surface area (Å²) in [5.74, 6) is 1.02. The van der Waals surface area contributed by atoms with Crippen molar-refractivity contribution in [2.75, 3.05) is 19.6 Å². The van der Waals surface area contributed by atoms with Crippen molar-refractivity contribution >= 4 is 6.29 Å². The summed E-state index contributed by atoms with van der Waals surface area (Å²) in [5.41, 5.74) is 1.37. The maximum atomic E-state index is 8.81. The van der Waals surface area contributed by atoms with Crippen LogP contribution in [0.4, 0.5) is 0 Å². The maximum absolute atomic E-state index is 8.81. The number of hydrogen-bond acceptors (Lipinski definition) is 3. The monoisotopic (exact) mass is 363 g/mol. The molecule has 1 saturated carbocycles. The predicted octanol–water partition coefficient (Wildman–Crippen LogP) is 5.28. The van der Waals surface area contributed by atoms with Crippen LogP contribution in [0, 0.1) is 5.92 Å². The Balaban J connectivity index is 0.000000615. The van der Waals surface area contributed by atoms with Crippen molar-refractivity contribution in [3.05, 3.63) is 18.0 Å². The van der Waals surface area contributed by atoms with Crippen molar-refractivity contribution in [1.82, 2.24) is 14.7 Å². The summed E-state index contributed by atoms with van der Waals surface area (Å²) in [7, 11) is 0. The number of rotatable bonds is 5. The Hall–Kier alpha value is -1.16. The Morgan fingerprint density at radius 1 is 1.12 bits per heavy atom. The van der Waals surface area contributed by atoms with Crippen LogP contribution in [0.1, 0.15) is 90.7 Å². The molecule has 0 unspecified atom stereocenters. The van der Waals surface area contributed by atoms with E-state index >= 15 is 0 Å². The Morgan fingerprint density at radius 2 is 1.73 bits per heavy atom. The molecule has 1 aliphatic carbocycles. The van der Waals surface area contributed by atoms with E-state index in [2.05, 4.69) is 27.8 Å². The zero-order valence-corrected chi connectivity index (χ0v) is 17.6. The molecular formula is C22H41N3O. The normalized spacial score (nSPS) is 19.1. The molecule has 1 aliphatic heterocycles. The van der Waals surface area contributed by atoms with E-state index in [9.17, 15) is 0 Å². The quantitative estimate of drug-likeness (QED) is 0.668. The van der Waals surface area contributed by atoms with Crippen LogP contribution in [0.5, 0.6) is 0 Å². The van der Waals surface area contributed by atoms with Crippen molar-refractivity contribution in [2.45, 2.75) is 91.5 Å². The van der Waals surface area contributed by atoms with Gasteiger partial charge in [-0.3, -0.25) is 4.68 Å². The first kappa shape index (κ1) is 22.9. The molecule has 1 aromatic rings. The highest BCUT2D eigenvalue weighted by Crippen LogP contribution is 2.28. The average Bonchev–Trinajstić information content (AvgIpc) is 3.19. The van der Waals surface area contributed by atoms with Gasteiger partial charge >= 0.3 is 0 Å². The summed E-state index contributed by atoms with van der Waals surface area (Å²) >= 11 is 0. The number of likely N-dealkylation sites (tertiary alicyclic amines) is 1. The minimum atomic E-state index is 0.635. The number of aryl methyl sites for hydroxylation is 1. The van der Waals surface area contributed by atoms with Crippen molar-refractivity contribution < 1.29 is 4.79 Å². The van der Waals surface area contributed by atoms with E-state index in [1.54, 1.807) is 0 Å². The van der Waals surface area contributed by atoms with Gasteiger partial charge < -0.3 is 9.69 Å². The minimum Gasteiger partial charge on any atom is -0.304 e. The number of hydrogen-bond donors (Lipinski definition) is 0. The van der Waals surface area contributed by atoms with Gasteiger partial charge in [0.2, 0.25) is 0 Å². The molecule has 0 aromatic carbocycles. The Labute approximate surface area is 161 Å². The second-order valence-electron chi connectivity index (χ2n) is 7.28. The van der Waals surface area contributed by atoms with Crippen LogP contribution in [0.25, 0.3) is 0 Å². The van der Waals surface area contributed by atoms with Gasteiger partial charge in [0.25, 0.3) is 0 Å².